The lowest BCUT2D eigenvalue weighted by molar-refractivity contribution is -0.00564. The summed E-state index contributed by atoms with van der Waals surface area (Å²) >= 11 is 0. The van der Waals surface area contributed by atoms with Gasteiger partial charge in [0.05, 0.1) is 0 Å². The summed E-state index contributed by atoms with van der Waals surface area (Å²) in [6, 6.07) is 0. The second kappa shape index (κ2) is 8.99. The molecule has 3 nitrogen and oxygen atoms in total. The number of halogens is 4. The number of hydrogen-bond donors (Lipinski definition) is 0. The Bertz CT molecular complexity index is 214. The van der Waals surface area contributed by atoms with E-state index in [0.29, 0.717) is 0 Å². The molecule has 0 saturated carbocycles. The molecule has 0 amide bonds. The van der Waals surface area contributed by atoms with Gasteiger partial charge in [0, 0.05) is 12.8 Å². The first-order valence-corrected chi connectivity index (χ1v) is 5.74. The van der Waals surface area contributed by atoms with Crippen LogP contribution < -0.4 is 0 Å². The highest BCUT2D eigenvalue weighted by molar-refractivity contribution is 5.60. The Kier molecular flexibility index (Phi) is 8.49. The molecular weight excluding hydrogens is 256 g/mol. The predicted octanol–water partition coefficient (Wildman–Crippen LogP) is 4.01. The van der Waals surface area contributed by atoms with Gasteiger partial charge < -0.3 is 9.47 Å². The van der Waals surface area contributed by atoms with Crippen LogP contribution >= 0.6 is 0 Å². The van der Waals surface area contributed by atoms with E-state index in [0.717, 1.165) is 0 Å². The summed E-state index contributed by atoms with van der Waals surface area (Å²) in [7, 11) is 0. The maximum absolute atomic E-state index is 11.9. The minimum atomic E-state index is -2.45. The standard InChI is InChI=1S/C11H18F4O3/c1-7(3-5-9(12)13)17-11(16)18-8(2)4-6-10(14)15/h7-10H,3-6H2,1-2H3. The van der Waals surface area contributed by atoms with Crippen molar-refractivity contribution < 1.29 is 31.8 Å². The molecule has 7 heteroatoms. The average molecular weight is 274 g/mol. The summed E-state index contributed by atoms with van der Waals surface area (Å²) in [6.45, 7) is 2.93. The Balaban J connectivity index is 3.74. The van der Waals surface area contributed by atoms with Crippen LogP contribution in [0.15, 0.2) is 0 Å². The Morgan fingerprint density at radius 1 is 0.833 bits per heavy atom. The van der Waals surface area contributed by atoms with Gasteiger partial charge in [0.2, 0.25) is 12.9 Å². The molecule has 0 spiro atoms. The Morgan fingerprint density at radius 3 is 1.44 bits per heavy atom. The first-order valence-electron chi connectivity index (χ1n) is 5.74. The van der Waals surface area contributed by atoms with E-state index in [1.165, 1.54) is 13.8 Å². The number of rotatable bonds is 8. The first kappa shape index (κ1) is 17.0. The average Bonchev–Trinajstić information content (AvgIpc) is 2.23. The van der Waals surface area contributed by atoms with Crippen molar-refractivity contribution in [2.75, 3.05) is 0 Å². The van der Waals surface area contributed by atoms with Gasteiger partial charge in [-0.15, -0.1) is 0 Å². The summed E-state index contributed by atoms with van der Waals surface area (Å²) in [6.07, 6.45) is -7.96. The molecule has 0 saturated heterocycles. The fourth-order valence-electron chi connectivity index (χ4n) is 1.20. The van der Waals surface area contributed by atoms with Crippen molar-refractivity contribution in [2.45, 2.75) is 64.6 Å². The quantitative estimate of drug-likeness (QED) is 0.495. The number of hydrogen-bond acceptors (Lipinski definition) is 3. The molecule has 2 atom stereocenters. The van der Waals surface area contributed by atoms with Gasteiger partial charge in [-0.25, -0.2) is 22.4 Å². The molecule has 0 aliphatic rings. The maximum atomic E-state index is 11.9. The molecule has 0 aliphatic heterocycles. The van der Waals surface area contributed by atoms with Crippen LogP contribution in [0.1, 0.15) is 39.5 Å². The Morgan fingerprint density at radius 2 is 1.17 bits per heavy atom. The second-order valence-corrected chi connectivity index (χ2v) is 4.04. The lowest BCUT2D eigenvalue weighted by Crippen LogP contribution is -2.21. The SMILES string of the molecule is CC(CCC(F)F)OC(=O)OC(C)CCC(F)F. The lowest BCUT2D eigenvalue weighted by atomic mass is 10.2. The third kappa shape index (κ3) is 10.2. The molecule has 0 aliphatic carbocycles. The number of carbonyl (C=O) groups excluding carboxylic acids is 1. The van der Waals surface area contributed by atoms with E-state index >= 15 is 0 Å². The van der Waals surface area contributed by atoms with Gasteiger partial charge in [0.25, 0.3) is 0 Å². The van der Waals surface area contributed by atoms with Gasteiger partial charge in [-0.3, -0.25) is 0 Å². The minimum absolute atomic E-state index is 0.0260. The van der Waals surface area contributed by atoms with Crippen LogP contribution in [0.2, 0.25) is 0 Å². The van der Waals surface area contributed by atoms with E-state index in [1.807, 2.05) is 0 Å². The highest BCUT2D eigenvalue weighted by Crippen LogP contribution is 2.12. The van der Waals surface area contributed by atoms with Crippen LogP contribution in [0.4, 0.5) is 22.4 Å². The third-order valence-electron chi connectivity index (χ3n) is 2.18. The van der Waals surface area contributed by atoms with Crippen molar-refractivity contribution in [3.05, 3.63) is 0 Å². The summed E-state index contributed by atoms with van der Waals surface area (Å²) < 4.78 is 56.9. The first-order chi connectivity index (χ1) is 8.31. The highest BCUT2D eigenvalue weighted by Gasteiger charge is 2.16. The van der Waals surface area contributed by atoms with Crippen molar-refractivity contribution in [3.8, 4) is 0 Å². The maximum Gasteiger partial charge on any atom is 0.508 e. The topological polar surface area (TPSA) is 35.5 Å². The zero-order chi connectivity index (χ0) is 14.1. The molecule has 2 unspecified atom stereocenters. The molecule has 0 aromatic carbocycles. The van der Waals surface area contributed by atoms with E-state index in [2.05, 4.69) is 0 Å². The zero-order valence-corrected chi connectivity index (χ0v) is 10.4. The normalized spacial score (nSPS) is 14.7. The summed E-state index contributed by atoms with van der Waals surface area (Å²) in [5.74, 6) is 0. The van der Waals surface area contributed by atoms with E-state index in [-0.39, 0.29) is 25.7 Å². The predicted molar refractivity (Wildman–Crippen MR) is 57.0 cm³/mol. The monoisotopic (exact) mass is 274 g/mol. The molecule has 0 aromatic rings. The van der Waals surface area contributed by atoms with Crippen molar-refractivity contribution in [3.63, 3.8) is 0 Å². The summed E-state index contributed by atoms with van der Waals surface area (Å²) in [4.78, 5) is 11.1. The molecule has 18 heavy (non-hydrogen) atoms. The molecule has 0 radical (unpaired) electrons. The van der Waals surface area contributed by atoms with Gasteiger partial charge in [-0.1, -0.05) is 0 Å². The molecule has 0 fully saturated rings. The van der Waals surface area contributed by atoms with Gasteiger partial charge in [0.1, 0.15) is 12.2 Å². The summed E-state index contributed by atoms with van der Waals surface area (Å²) in [5.41, 5.74) is 0. The van der Waals surface area contributed by atoms with E-state index < -0.39 is 31.2 Å². The molecule has 0 rings (SSSR count). The van der Waals surface area contributed by atoms with Gasteiger partial charge in [0.15, 0.2) is 0 Å². The third-order valence-corrected chi connectivity index (χ3v) is 2.18. The van der Waals surface area contributed by atoms with E-state index in [9.17, 15) is 22.4 Å². The van der Waals surface area contributed by atoms with Gasteiger partial charge in [-0.2, -0.15) is 0 Å². The molecule has 108 valence electrons. The summed E-state index contributed by atoms with van der Waals surface area (Å²) in [5, 5.41) is 0. The molecular formula is C11H18F4O3. The van der Waals surface area contributed by atoms with Gasteiger partial charge in [-0.05, 0) is 26.7 Å². The molecule has 0 heterocycles. The number of ether oxygens (including phenoxy) is 2. The van der Waals surface area contributed by atoms with Crippen molar-refractivity contribution in [1.29, 1.82) is 0 Å². The van der Waals surface area contributed by atoms with Crippen molar-refractivity contribution in [1.82, 2.24) is 0 Å². The molecule has 0 bridgehead atoms. The van der Waals surface area contributed by atoms with Crippen LogP contribution in [-0.2, 0) is 9.47 Å². The van der Waals surface area contributed by atoms with Crippen LogP contribution in [0.3, 0.4) is 0 Å². The van der Waals surface area contributed by atoms with E-state index in [1.54, 1.807) is 0 Å². The highest BCUT2D eigenvalue weighted by atomic mass is 19.3. The molecule has 0 aromatic heterocycles. The van der Waals surface area contributed by atoms with Crippen LogP contribution in [0.25, 0.3) is 0 Å². The Labute approximate surface area is 103 Å². The van der Waals surface area contributed by atoms with Crippen LogP contribution in [-0.4, -0.2) is 31.2 Å². The van der Waals surface area contributed by atoms with E-state index in [4.69, 9.17) is 9.47 Å². The van der Waals surface area contributed by atoms with Crippen LogP contribution in [0.5, 0.6) is 0 Å². The second-order valence-electron chi connectivity index (χ2n) is 4.04. The number of alkyl halides is 4. The van der Waals surface area contributed by atoms with Crippen molar-refractivity contribution >= 4 is 6.16 Å². The largest absolute Gasteiger partial charge is 0.508 e. The fraction of sp³-hybridized carbons (Fsp3) is 0.909. The molecule has 0 N–H and O–H groups in total. The van der Waals surface area contributed by atoms with Gasteiger partial charge >= 0.3 is 6.16 Å². The lowest BCUT2D eigenvalue weighted by Gasteiger charge is -2.16. The number of carbonyl (C=O) groups is 1. The fourth-order valence-corrected chi connectivity index (χ4v) is 1.20. The minimum Gasteiger partial charge on any atom is -0.431 e. The Hall–Kier alpha value is -1.01. The smallest absolute Gasteiger partial charge is 0.431 e. The van der Waals surface area contributed by atoms with Crippen LogP contribution in [0, 0.1) is 0 Å². The zero-order valence-electron chi connectivity index (χ0n) is 10.4. The van der Waals surface area contributed by atoms with Crippen molar-refractivity contribution in [2.24, 2.45) is 0 Å².